The molecule has 0 radical (unpaired) electrons. The number of carbonyl (C=O) groups excluding carboxylic acids is 1. The van der Waals surface area contributed by atoms with Gasteiger partial charge >= 0.3 is 0 Å². The highest BCUT2D eigenvalue weighted by Gasteiger charge is 2.09. The van der Waals surface area contributed by atoms with Crippen LogP contribution in [0.25, 0.3) is 0 Å². The van der Waals surface area contributed by atoms with Crippen molar-refractivity contribution in [3.8, 4) is 5.75 Å². The minimum atomic E-state index is 0.0514. The lowest BCUT2D eigenvalue weighted by Gasteiger charge is -2.06. The Morgan fingerprint density at radius 1 is 1.50 bits per heavy atom. The van der Waals surface area contributed by atoms with E-state index in [0.29, 0.717) is 18.7 Å². The normalized spacial score (nSPS) is 10.6. The number of rotatable bonds is 6. The van der Waals surface area contributed by atoms with Crippen LogP contribution in [0, 0.1) is 0 Å². The maximum Gasteiger partial charge on any atom is 0.158 e. The Kier molecular flexibility index (Phi) is 4.86. The molecule has 0 atom stereocenters. The van der Waals surface area contributed by atoms with Gasteiger partial charge in [-0.05, 0) is 33.6 Å². The molecule has 0 aliphatic carbocycles. The van der Waals surface area contributed by atoms with Gasteiger partial charge in [0, 0.05) is 13.0 Å². The smallest absolute Gasteiger partial charge is 0.158 e. The molecule has 1 heterocycles. The SMILES string of the molecule is COc1ccc(CC(=O)Cn2cc(CN)nn2)cc1Br. The van der Waals surface area contributed by atoms with Gasteiger partial charge in [0.1, 0.15) is 12.3 Å². The summed E-state index contributed by atoms with van der Waals surface area (Å²) in [5.74, 6) is 0.792. The van der Waals surface area contributed by atoms with Crippen molar-refractivity contribution in [3.05, 3.63) is 40.1 Å². The number of ether oxygens (including phenoxy) is 1. The van der Waals surface area contributed by atoms with Gasteiger partial charge in [-0.15, -0.1) is 5.10 Å². The molecule has 0 unspecified atom stereocenters. The summed E-state index contributed by atoms with van der Waals surface area (Å²) < 4.78 is 7.48. The predicted octanol–water partition coefficient (Wildman–Crippen LogP) is 1.32. The molecule has 0 saturated carbocycles. The first-order valence-corrected chi connectivity index (χ1v) is 6.85. The second-order valence-electron chi connectivity index (χ2n) is 4.30. The molecule has 0 spiro atoms. The number of nitrogens with two attached hydrogens (primary N) is 1. The first kappa shape index (κ1) is 14.7. The van der Waals surface area contributed by atoms with Crippen molar-refractivity contribution in [2.45, 2.75) is 19.5 Å². The van der Waals surface area contributed by atoms with Gasteiger partial charge in [0.05, 0.1) is 23.5 Å². The molecule has 7 heteroatoms. The molecule has 0 aliphatic rings. The molecule has 6 nitrogen and oxygen atoms in total. The Morgan fingerprint density at radius 2 is 2.30 bits per heavy atom. The minimum absolute atomic E-state index is 0.0514. The Balaban J connectivity index is 1.99. The van der Waals surface area contributed by atoms with Crippen LogP contribution in [0.1, 0.15) is 11.3 Å². The lowest BCUT2D eigenvalue weighted by molar-refractivity contribution is -0.119. The monoisotopic (exact) mass is 338 g/mol. The van der Waals surface area contributed by atoms with Crippen LogP contribution in [0.5, 0.6) is 5.75 Å². The topological polar surface area (TPSA) is 83.0 Å². The zero-order chi connectivity index (χ0) is 14.5. The van der Waals surface area contributed by atoms with Gasteiger partial charge in [0.25, 0.3) is 0 Å². The number of hydrogen-bond acceptors (Lipinski definition) is 5. The number of Topliss-reactive ketones (excluding diaryl/α,β-unsaturated/α-hetero) is 1. The average molecular weight is 339 g/mol. The molecule has 2 N–H and O–H groups in total. The zero-order valence-corrected chi connectivity index (χ0v) is 12.6. The minimum Gasteiger partial charge on any atom is -0.496 e. The lowest BCUT2D eigenvalue weighted by atomic mass is 10.1. The summed E-state index contributed by atoms with van der Waals surface area (Å²) in [6.07, 6.45) is 2.02. The van der Waals surface area contributed by atoms with E-state index >= 15 is 0 Å². The third-order valence-corrected chi connectivity index (χ3v) is 3.37. The summed E-state index contributed by atoms with van der Waals surface area (Å²) in [6.45, 7) is 0.510. The average Bonchev–Trinajstić information content (AvgIpc) is 2.86. The van der Waals surface area contributed by atoms with E-state index in [1.54, 1.807) is 13.3 Å². The molecule has 2 aromatic rings. The number of halogens is 1. The van der Waals surface area contributed by atoms with E-state index in [9.17, 15) is 4.79 Å². The van der Waals surface area contributed by atoms with Crippen LogP contribution in [0.3, 0.4) is 0 Å². The predicted molar refractivity (Wildman–Crippen MR) is 77.3 cm³/mol. The van der Waals surface area contributed by atoms with Gasteiger partial charge in [-0.2, -0.15) is 0 Å². The summed E-state index contributed by atoms with van der Waals surface area (Å²) in [6, 6.07) is 5.58. The number of hydrogen-bond donors (Lipinski definition) is 1. The maximum atomic E-state index is 12.0. The van der Waals surface area contributed by atoms with E-state index in [2.05, 4.69) is 26.2 Å². The molecule has 1 aromatic carbocycles. The van der Waals surface area contributed by atoms with Crippen molar-refractivity contribution < 1.29 is 9.53 Å². The van der Waals surface area contributed by atoms with Crippen LogP contribution in [-0.4, -0.2) is 27.9 Å². The molecule has 0 bridgehead atoms. The molecule has 106 valence electrons. The van der Waals surface area contributed by atoms with E-state index in [-0.39, 0.29) is 12.3 Å². The van der Waals surface area contributed by atoms with Crippen LogP contribution in [0.2, 0.25) is 0 Å². The van der Waals surface area contributed by atoms with E-state index < -0.39 is 0 Å². The van der Waals surface area contributed by atoms with Gasteiger partial charge in [-0.25, -0.2) is 4.68 Å². The van der Waals surface area contributed by atoms with Gasteiger partial charge in [-0.1, -0.05) is 11.3 Å². The Labute approximate surface area is 125 Å². The number of nitrogens with zero attached hydrogens (tertiary/aromatic N) is 3. The fourth-order valence-corrected chi connectivity index (χ4v) is 2.38. The summed E-state index contributed by atoms with van der Waals surface area (Å²) in [4.78, 5) is 12.0. The Morgan fingerprint density at radius 3 is 2.90 bits per heavy atom. The quantitative estimate of drug-likeness (QED) is 0.858. The zero-order valence-electron chi connectivity index (χ0n) is 11.0. The summed E-state index contributed by atoms with van der Waals surface area (Å²) >= 11 is 3.40. The fourth-order valence-electron chi connectivity index (χ4n) is 1.79. The molecule has 0 fully saturated rings. The van der Waals surface area contributed by atoms with Crippen molar-refractivity contribution >= 4 is 21.7 Å². The number of carbonyl (C=O) groups is 1. The molecule has 20 heavy (non-hydrogen) atoms. The van der Waals surface area contributed by atoms with Gasteiger partial charge in [0.2, 0.25) is 0 Å². The van der Waals surface area contributed by atoms with E-state index in [0.717, 1.165) is 15.8 Å². The van der Waals surface area contributed by atoms with Crippen molar-refractivity contribution in [1.29, 1.82) is 0 Å². The molecule has 1 aromatic heterocycles. The fraction of sp³-hybridized carbons (Fsp3) is 0.308. The molecule has 2 rings (SSSR count). The number of benzene rings is 1. The molecule has 0 amide bonds. The first-order valence-electron chi connectivity index (χ1n) is 6.05. The molecule has 0 saturated heterocycles. The van der Waals surface area contributed by atoms with E-state index in [1.165, 1.54) is 4.68 Å². The Hall–Kier alpha value is -1.73. The standard InChI is InChI=1S/C13H15BrN4O2/c1-20-13-3-2-9(5-12(13)14)4-11(19)8-18-7-10(6-15)16-17-18/h2-3,5,7H,4,6,8,15H2,1H3. The molecular weight excluding hydrogens is 324 g/mol. The molecular formula is C13H15BrN4O2. The van der Waals surface area contributed by atoms with Gasteiger partial charge < -0.3 is 10.5 Å². The lowest BCUT2D eigenvalue weighted by Crippen LogP contribution is -2.13. The Bertz CT molecular complexity index is 612. The van der Waals surface area contributed by atoms with E-state index in [1.807, 2.05) is 18.2 Å². The highest BCUT2D eigenvalue weighted by Crippen LogP contribution is 2.25. The van der Waals surface area contributed by atoms with Crippen LogP contribution in [-0.2, 0) is 24.3 Å². The maximum absolute atomic E-state index is 12.0. The second-order valence-corrected chi connectivity index (χ2v) is 5.15. The van der Waals surface area contributed by atoms with Crippen molar-refractivity contribution in [2.24, 2.45) is 5.73 Å². The van der Waals surface area contributed by atoms with Crippen LogP contribution >= 0.6 is 15.9 Å². The van der Waals surface area contributed by atoms with Crippen molar-refractivity contribution in [1.82, 2.24) is 15.0 Å². The van der Waals surface area contributed by atoms with Gasteiger partial charge in [-0.3, -0.25) is 4.79 Å². The van der Waals surface area contributed by atoms with E-state index in [4.69, 9.17) is 10.5 Å². The molecule has 0 aliphatic heterocycles. The summed E-state index contributed by atoms with van der Waals surface area (Å²) in [5.41, 5.74) is 7.03. The highest BCUT2D eigenvalue weighted by atomic mass is 79.9. The van der Waals surface area contributed by atoms with Gasteiger partial charge in [0.15, 0.2) is 5.78 Å². The van der Waals surface area contributed by atoms with Crippen molar-refractivity contribution in [2.75, 3.05) is 7.11 Å². The highest BCUT2D eigenvalue weighted by molar-refractivity contribution is 9.10. The summed E-state index contributed by atoms with van der Waals surface area (Å²) in [7, 11) is 1.60. The number of ketones is 1. The number of methoxy groups -OCH3 is 1. The third-order valence-electron chi connectivity index (χ3n) is 2.75. The first-order chi connectivity index (χ1) is 9.62. The van der Waals surface area contributed by atoms with Crippen LogP contribution in [0.4, 0.5) is 0 Å². The number of aromatic nitrogens is 3. The van der Waals surface area contributed by atoms with Crippen LogP contribution < -0.4 is 10.5 Å². The van der Waals surface area contributed by atoms with Crippen LogP contribution in [0.15, 0.2) is 28.9 Å². The third kappa shape index (κ3) is 3.64. The summed E-state index contributed by atoms with van der Waals surface area (Å²) in [5, 5.41) is 7.69. The second kappa shape index (κ2) is 6.62. The van der Waals surface area contributed by atoms with Crippen molar-refractivity contribution in [3.63, 3.8) is 0 Å². The largest absolute Gasteiger partial charge is 0.496 e.